The molecule has 8 nitrogen and oxygen atoms in total. The van der Waals surface area contributed by atoms with Crippen LogP contribution in [0.2, 0.25) is 0 Å². The van der Waals surface area contributed by atoms with Gasteiger partial charge in [0.25, 0.3) is 0 Å². The van der Waals surface area contributed by atoms with E-state index in [9.17, 15) is 23.1 Å². The molecular weight excluding hydrogens is 661 g/mol. The van der Waals surface area contributed by atoms with Crippen LogP contribution in [0.1, 0.15) is 115 Å². The number of phenolic OH excluding ortho intramolecular Hbond substituents is 1. The van der Waals surface area contributed by atoms with E-state index in [1.807, 2.05) is 0 Å². The molecule has 51 heavy (non-hydrogen) atoms. The van der Waals surface area contributed by atoms with Gasteiger partial charge < -0.3 is 15.6 Å². The lowest BCUT2D eigenvalue weighted by atomic mass is 9.50. The molecule has 266 valence electrons. The number of sulfonamides is 1. The smallest absolute Gasteiger partial charge is 0.224 e. The second-order valence-electron chi connectivity index (χ2n) is 15.7. The van der Waals surface area contributed by atoms with Crippen molar-refractivity contribution in [2.24, 2.45) is 11.3 Å². The largest absolute Gasteiger partial charge is 0.507 e. The summed E-state index contributed by atoms with van der Waals surface area (Å²) < 4.78 is 35.8. The summed E-state index contributed by atoms with van der Waals surface area (Å²) in [5, 5.41) is 10.9. The van der Waals surface area contributed by atoms with Crippen molar-refractivity contribution in [2.45, 2.75) is 82.8 Å². The van der Waals surface area contributed by atoms with Gasteiger partial charge in [-0.25, -0.2) is 13.1 Å². The zero-order valence-electron chi connectivity index (χ0n) is 29.9. The van der Waals surface area contributed by atoms with E-state index in [2.05, 4.69) is 50.6 Å². The first kappa shape index (κ1) is 35.0. The SMILES string of the molecule is CC(C)c1ccc2c(c1)CCC1C(C)(CNS(=O)(=O)C3(C)C=CC=C(Oc4cc(O)c5c(c4N)C(=O)c4ccccc4C5=O)C=C3)CCCC21C. The minimum atomic E-state index is -3.90. The summed E-state index contributed by atoms with van der Waals surface area (Å²) in [6.07, 6.45) is 13.0. The van der Waals surface area contributed by atoms with Gasteiger partial charge in [0.05, 0.1) is 16.8 Å². The molecule has 4 N–H and O–H groups in total. The summed E-state index contributed by atoms with van der Waals surface area (Å²) in [5.74, 6) is -0.390. The second-order valence-corrected chi connectivity index (χ2v) is 17.9. The fraction of sp³-hybridized carbons (Fsp3) is 0.381. The highest BCUT2D eigenvalue weighted by Gasteiger charge is 2.52. The first-order valence-electron chi connectivity index (χ1n) is 17.8. The lowest BCUT2D eigenvalue weighted by Crippen LogP contribution is -2.54. The molecule has 0 heterocycles. The van der Waals surface area contributed by atoms with Gasteiger partial charge in [-0.3, -0.25) is 9.59 Å². The van der Waals surface area contributed by atoms with Crippen LogP contribution in [0.4, 0.5) is 5.69 Å². The summed E-state index contributed by atoms with van der Waals surface area (Å²) in [5.41, 5.74) is 10.4. The molecule has 1 saturated carbocycles. The number of ether oxygens (including phenoxy) is 1. The number of benzene rings is 3. The molecule has 0 saturated heterocycles. The highest BCUT2D eigenvalue weighted by atomic mass is 32.2. The Morgan fingerprint density at radius 1 is 0.980 bits per heavy atom. The topological polar surface area (TPSA) is 136 Å². The summed E-state index contributed by atoms with van der Waals surface area (Å²) >= 11 is 0. The van der Waals surface area contributed by atoms with Gasteiger partial charge in [-0.2, -0.15) is 0 Å². The number of aromatic hydroxyl groups is 1. The van der Waals surface area contributed by atoms with Gasteiger partial charge in [-0.05, 0) is 84.1 Å². The van der Waals surface area contributed by atoms with Gasteiger partial charge >= 0.3 is 0 Å². The average Bonchev–Trinajstić information content (AvgIpc) is 3.29. The van der Waals surface area contributed by atoms with E-state index in [0.29, 0.717) is 18.4 Å². The summed E-state index contributed by atoms with van der Waals surface area (Å²) in [7, 11) is -3.90. The molecular formula is C42H46N2O6S. The maximum Gasteiger partial charge on any atom is 0.224 e. The number of aryl methyl sites for hydroxylation is 1. The number of anilines is 1. The Morgan fingerprint density at radius 2 is 1.69 bits per heavy atom. The highest BCUT2D eigenvalue weighted by Crippen LogP contribution is 2.57. The number of nitrogens with two attached hydrogens (primary N) is 1. The second kappa shape index (κ2) is 12.3. The van der Waals surface area contributed by atoms with Crippen molar-refractivity contribution < 1.29 is 27.9 Å². The van der Waals surface area contributed by atoms with Crippen LogP contribution in [0.3, 0.4) is 0 Å². The first-order chi connectivity index (χ1) is 24.1. The van der Waals surface area contributed by atoms with Gasteiger partial charge in [0, 0.05) is 23.7 Å². The van der Waals surface area contributed by atoms with Crippen LogP contribution >= 0.6 is 0 Å². The van der Waals surface area contributed by atoms with E-state index in [1.54, 1.807) is 55.5 Å². The third kappa shape index (κ3) is 5.65. The van der Waals surface area contributed by atoms with Crippen LogP contribution in [-0.4, -0.2) is 36.4 Å². The van der Waals surface area contributed by atoms with Crippen molar-refractivity contribution in [2.75, 3.05) is 12.3 Å². The quantitative estimate of drug-likeness (QED) is 0.133. The lowest BCUT2D eigenvalue weighted by molar-refractivity contribution is 0.0298. The molecule has 1 fully saturated rings. The zero-order valence-corrected chi connectivity index (χ0v) is 30.7. The summed E-state index contributed by atoms with van der Waals surface area (Å²) in [6.45, 7) is 11.1. The van der Waals surface area contributed by atoms with Gasteiger partial charge in [-0.15, -0.1) is 0 Å². The van der Waals surface area contributed by atoms with Crippen LogP contribution in [0, 0.1) is 11.3 Å². The first-order valence-corrected chi connectivity index (χ1v) is 19.3. The van der Waals surface area contributed by atoms with Crippen molar-refractivity contribution >= 4 is 27.3 Å². The summed E-state index contributed by atoms with van der Waals surface area (Å²) in [4.78, 5) is 26.6. The Balaban J connectivity index is 1.09. The fourth-order valence-corrected chi connectivity index (χ4v) is 10.4. The molecule has 0 bridgehead atoms. The van der Waals surface area contributed by atoms with Crippen molar-refractivity contribution in [3.8, 4) is 11.5 Å². The number of phenols is 1. The van der Waals surface area contributed by atoms with E-state index in [0.717, 1.165) is 32.1 Å². The summed E-state index contributed by atoms with van der Waals surface area (Å²) in [6, 6.07) is 14.6. The fourth-order valence-electron chi connectivity index (χ4n) is 9.06. The monoisotopic (exact) mass is 706 g/mol. The molecule has 0 radical (unpaired) electrons. The average molecular weight is 707 g/mol. The van der Waals surface area contributed by atoms with Gasteiger partial charge in [-0.1, -0.05) is 94.8 Å². The third-order valence-corrected chi connectivity index (χ3v) is 14.0. The van der Waals surface area contributed by atoms with Gasteiger partial charge in [0.15, 0.2) is 17.3 Å². The van der Waals surface area contributed by atoms with Crippen LogP contribution in [-0.2, 0) is 21.9 Å². The van der Waals surface area contributed by atoms with E-state index < -0.39 is 32.1 Å². The molecule has 4 unspecified atom stereocenters. The number of carbonyl (C=O) groups is 2. The normalized spacial score (nSPS) is 26.9. The van der Waals surface area contributed by atoms with E-state index in [-0.39, 0.29) is 50.3 Å². The molecule has 4 atom stereocenters. The minimum Gasteiger partial charge on any atom is -0.507 e. The maximum atomic E-state index is 14.1. The molecule has 3 aromatic carbocycles. The van der Waals surface area contributed by atoms with Crippen molar-refractivity contribution in [3.05, 3.63) is 124 Å². The molecule has 0 aliphatic heterocycles. The van der Waals surface area contributed by atoms with Gasteiger partial charge in [0.1, 0.15) is 16.3 Å². The van der Waals surface area contributed by atoms with Crippen molar-refractivity contribution in [1.29, 1.82) is 0 Å². The number of rotatable bonds is 7. The Labute approximate surface area is 300 Å². The van der Waals surface area contributed by atoms with Crippen LogP contribution in [0.15, 0.2) is 84.7 Å². The number of allylic oxidation sites excluding steroid dienone is 3. The number of carbonyl (C=O) groups excluding carboxylic acids is 2. The number of hydrogen-bond acceptors (Lipinski definition) is 7. The molecule has 0 spiro atoms. The van der Waals surface area contributed by atoms with Crippen LogP contribution in [0.25, 0.3) is 0 Å². The Kier molecular flexibility index (Phi) is 8.46. The Hall–Kier alpha value is -4.47. The Bertz CT molecular complexity index is 2180. The molecule has 4 aliphatic carbocycles. The lowest BCUT2D eigenvalue weighted by Gasteiger charge is -2.55. The van der Waals surface area contributed by atoms with Gasteiger partial charge in [0.2, 0.25) is 10.0 Å². The van der Waals surface area contributed by atoms with Crippen LogP contribution < -0.4 is 15.2 Å². The standard InChI is InChI=1S/C42H46N2O6S/c1-25(2)26-13-15-31-27(22-26)14-16-34-40(3,18-9-20-42(31,34)5)24-44-51(48,49)41(4)19-8-10-28(17-21-41)50-33-23-32(45)35-36(37(33)43)39(47)30-12-7-6-11-29(30)38(35)46/h6-8,10-13,15,17,19,21-23,25,34,44-45H,9,14,16,18,20,24,43H2,1-5H3. The number of nitrogens with one attached hydrogen (secondary N) is 1. The molecule has 9 heteroatoms. The molecule has 7 rings (SSSR count). The zero-order chi connectivity index (χ0) is 36.5. The highest BCUT2D eigenvalue weighted by molar-refractivity contribution is 7.91. The molecule has 3 aromatic rings. The van der Waals surface area contributed by atoms with E-state index in [1.165, 1.54) is 28.8 Å². The minimum absolute atomic E-state index is 0.0159. The van der Waals surface area contributed by atoms with Crippen molar-refractivity contribution in [3.63, 3.8) is 0 Å². The number of fused-ring (bicyclic) bond motifs is 5. The predicted octanol–water partition coefficient (Wildman–Crippen LogP) is 7.65. The van der Waals surface area contributed by atoms with E-state index >= 15 is 0 Å². The third-order valence-electron chi connectivity index (χ3n) is 12.1. The Morgan fingerprint density at radius 3 is 2.39 bits per heavy atom. The number of hydrogen-bond donors (Lipinski definition) is 3. The van der Waals surface area contributed by atoms with Crippen LogP contribution in [0.5, 0.6) is 11.5 Å². The molecule has 0 amide bonds. The van der Waals surface area contributed by atoms with E-state index in [4.69, 9.17) is 10.5 Å². The number of ketones is 2. The molecule has 0 aromatic heterocycles. The maximum absolute atomic E-state index is 14.1. The molecule has 4 aliphatic rings. The van der Waals surface area contributed by atoms with Crippen molar-refractivity contribution in [1.82, 2.24) is 4.72 Å². The number of nitrogen functional groups attached to an aromatic ring is 1. The predicted molar refractivity (Wildman–Crippen MR) is 200 cm³/mol.